The second-order valence-corrected chi connectivity index (χ2v) is 7.12. The van der Waals surface area contributed by atoms with Gasteiger partial charge >= 0.3 is 0 Å². The monoisotopic (exact) mass is 354 g/mol. The summed E-state index contributed by atoms with van der Waals surface area (Å²) in [6, 6.07) is 11.5. The van der Waals surface area contributed by atoms with Crippen molar-refractivity contribution in [3.63, 3.8) is 0 Å². The minimum Gasteiger partial charge on any atom is -0.485 e. The molecule has 1 aromatic heterocycles. The second-order valence-electron chi connectivity index (χ2n) is 6.11. The van der Waals surface area contributed by atoms with Crippen molar-refractivity contribution in [2.45, 2.75) is 20.0 Å². The average molecular weight is 354 g/mol. The third kappa shape index (κ3) is 2.72. The van der Waals surface area contributed by atoms with Gasteiger partial charge in [0.15, 0.2) is 16.3 Å². The molecule has 0 fully saturated rings. The Morgan fingerprint density at radius 3 is 2.76 bits per heavy atom. The van der Waals surface area contributed by atoms with Crippen molar-refractivity contribution < 1.29 is 14.3 Å². The number of benzene rings is 2. The quantitative estimate of drug-likeness (QED) is 0.675. The van der Waals surface area contributed by atoms with Crippen LogP contribution in [0.4, 0.5) is 0 Å². The zero-order valence-electron chi connectivity index (χ0n) is 14.3. The Balaban J connectivity index is 1.70. The molecule has 0 saturated carbocycles. The second kappa shape index (κ2) is 6.04. The Kier molecular flexibility index (Phi) is 3.84. The van der Waals surface area contributed by atoms with Crippen LogP contribution in [-0.2, 0) is 11.8 Å². The molecule has 0 bridgehead atoms. The highest BCUT2D eigenvalue weighted by molar-refractivity contribution is 7.16. The number of thiazole rings is 1. The van der Waals surface area contributed by atoms with Gasteiger partial charge in [0, 0.05) is 7.05 Å². The van der Waals surface area contributed by atoms with Crippen molar-refractivity contribution in [1.82, 2.24) is 4.57 Å². The van der Waals surface area contributed by atoms with Crippen LogP contribution in [-0.4, -0.2) is 23.2 Å². The number of aryl methyl sites for hydroxylation is 3. The number of aromatic nitrogens is 1. The summed E-state index contributed by atoms with van der Waals surface area (Å²) in [5.41, 5.74) is 3.54. The molecule has 4 rings (SSSR count). The van der Waals surface area contributed by atoms with E-state index in [1.807, 2.05) is 29.8 Å². The number of nitrogens with zero attached hydrogens (tertiary/aromatic N) is 2. The van der Waals surface area contributed by atoms with Crippen LogP contribution >= 0.6 is 11.3 Å². The van der Waals surface area contributed by atoms with Gasteiger partial charge in [-0.05, 0) is 43.2 Å². The van der Waals surface area contributed by atoms with Crippen molar-refractivity contribution in [2.75, 3.05) is 6.61 Å². The van der Waals surface area contributed by atoms with Crippen LogP contribution < -0.4 is 14.3 Å². The lowest BCUT2D eigenvalue weighted by Gasteiger charge is -2.23. The molecule has 2 aromatic carbocycles. The van der Waals surface area contributed by atoms with Gasteiger partial charge < -0.3 is 14.0 Å². The zero-order chi connectivity index (χ0) is 17.6. The number of rotatable bonds is 1. The molecule has 0 radical (unpaired) electrons. The average Bonchev–Trinajstić information content (AvgIpc) is 2.94. The van der Waals surface area contributed by atoms with E-state index >= 15 is 0 Å². The smallest absolute Gasteiger partial charge is 0.292 e. The third-order valence-electron chi connectivity index (χ3n) is 4.48. The molecule has 0 spiro atoms. The van der Waals surface area contributed by atoms with Crippen LogP contribution in [0.1, 0.15) is 11.1 Å². The van der Waals surface area contributed by atoms with Gasteiger partial charge in [-0.1, -0.05) is 29.5 Å². The van der Waals surface area contributed by atoms with Gasteiger partial charge in [-0.2, -0.15) is 4.99 Å². The summed E-state index contributed by atoms with van der Waals surface area (Å²) in [6.45, 7) is 4.34. The van der Waals surface area contributed by atoms with Crippen molar-refractivity contribution >= 4 is 27.5 Å². The molecule has 2 heterocycles. The van der Waals surface area contributed by atoms with Crippen LogP contribution in [0.15, 0.2) is 41.4 Å². The van der Waals surface area contributed by atoms with E-state index in [4.69, 9.17) is 9.47 Å². The predicted octanol–water partition coefficient (Wildman–Crippen LogP) is 3.12. The molecule has 0 aliphatic carbocycles. The van der Waals surface area contributed by atoms with Gasteiger partial charge in [-0.15, -0.1) is 0 Å². The number of ether oxygens (including phenoxy) is 2. The number of amides is 1. The normalized spacial score (nSPS) is 17.1. The Bertz CT molecular complexity index is 1050. The van der Waals surface area contributed by atoms with Gasteiger partial charge in [-0.25, -0.2) is 0 Å². The molecule has 25 heavy (non-hydrogen) atoms. The van der Waals surface area contributed by atoms with Crippen molar-refractivity contribution in [2.24, 2.45) is 12.0 Å². The topological polar surface area (TPSA) is 52.8 Å². The third-order valence-corrected chi connectivity index (χ3v) is 5.58. The minimum atomic E-state index is -0.719. The summed E-state index contributed by atoms with van der Waals surface area (Å²) in [4.78, 5) is 17.5. The lowest BCUT2D eigenvalue weighted by molar-refractivity contribution is -0.127. The standard InChI is InChI=1S/C19H18N2O3S/c1-11-8-9-16-17(12(11)2)21(3)19(25-16)20-18(22)15-10-23-13-6-4-5-7-14(13)24-15/h4-9,15H,10H2,1-3H3. The molecular weight excluding hydrogens is 336 g/mol. The fraction of sp³-hybridized carbons (Fsp3) is 0.263. The van der Waals surface area contributed by atoms with Crippen LogP contribution in [0.2, 0.25) is 0 Å². The van der Waals surface area contributed by atoms with Gasteiger partial charge in [0.1, 0.15) is 6.61 Å². The Morgan fingerprint density at radius 1 is 1.20 bits per heavy atom. The summed E-state index contributed by atoms with van der Waals surface area (Å²) in [7, 11) is 1.94. The molecule has 1 amide bonds. The van der Waals surface area contributed by atoms with Crippen LogP contribution in [0, 0.1) is 13.8 Å². The van der Waals surface area contributed by atoms with Crippen LogP contribution in [0.3, 0.4) is 0 Å². The molecule has 5 nitrogen and oxygen atoms in total. The Labute approximate surface area is 149 Å². The SMILES string of the molecule is Cc1ccc2sc(=NC(=O)C3COc4ccccc4O3)n(C)c2c1C. The first-order valence-electron chi connectivity index (χ1n) is 8.07. The number of fused-ring (bicyclic) bond motifs is 2. The van der Waals surface area contributed by atoms with E-state index in [2.05, 4.69) is 31.0 Å². The fourth-order valence-electron chi connectivity index (χ4n) is 2.94. The first kappa shape index (κ1) is 15.9. The van der Waals surface area contributed by atoms with Crippen LogP contribution in [0.25, 0.3) is 10.2 Å². The van der Waals surface area contributed by atoms with E-state index in [9.17, 15) is 4.79 Å². The van der Waals surface area contributed by atoms with E-state index in [1.54, 1.807) is 6.07 Å². The number of carbonyl (C=O) groups excluding carboxylic acids is 1. The summed E-state index contributed by atoms with van der Waals surface area (Å²) in [6.07, 6.45) is -0.719. The molecule has 128 valence electrons. The van der Waals surface area contributed by atoms with E-state index in [0.717, 1.165) is 10.2 Å². The maximum absolute atomic E-state index is 12.6. The minimum absolute atomic E-state index is 0.173. The van der Waals surface area contributed by atoms with E-state index in [0.29, 0.717) is 16.3 Å². The Morgan fingerprint density at radius 2 is 1.96 bits per heavy atom. The lowest BCUT2D eigenvalue weighted by atomic mass is 10.1. The van der Waals surface area contributed by atoms with Gasteiger partial charge in [-0.3, -0.25) is 4.79 Å². The molecule has 3 aromatic rings. The zero-order valence-corrected chi connectivity index (χ0v) is 15.1. The lowest BCUT2D eigenvalue weighted by Crippen LogP contribution is -2.36. The molecule has 0 saturated heterocycles. The van der Waals surface area contributed by atoms with Gasteiger partial charge in [0.05, 0.1) is 10.2 Å². The summed E-state index contributed by atoms with van der Waals surface area (Å²) >= 11 is 1.50. The fourth-order valence-corrected chi connectivity index (χ4v) is 4.03. The first-order valence-corrected chi connectivity index (χ1v) is 8.89. The highest BCUT2D eigenvalue weighted by Crippen LogP contribution is 2.31. The highest BCUT2D eigenvalue weighted by Gasteiger charge is 2.27. The molecular formula is C19H18N2O3S. The molecule has 1 aliphatic rings. The number of hydrogen-bond acceptors (Lipinski definition) is 4. The van der Waals surface area contributed by atoms with E-state index < -0.39 is 6.10 Å². The molecule has 1 unspecified atom stereocenters. The summed E-state index contributed by atoms with van der Waals surface area (Å²) < 4.78 is 14.4. The molecule has 0 N–H and O–H groups in total. The van der Waals surface area contributed by atoms with Crippen LogP contribution in [0.5, 0.6) is 11.5 Å². The largest absolute Gasteiger partial charge is 0.485 e. The first-order chi connectivity index (χ1) is 12.0. The molecule has 1 atom stereocenters. The van der Waals surface area contributed by atoms with E-state index in [1.165, 1.54) is 22.5 Å². The maximum Gasteiger partial charge on any atom is 0.292 e. The van der Waals surface area contributed by atoms with Gasteiger partial charge in [0.25, 0.3) is 5.91 Å². The number of carbonyl (C=O) groups is 1. The highest BCUT2D eigenvalue weighted by atomic mass is 32.1. The number of hydrogen-bond donors (Lipinski definition) is 0. The van der Waals surface area contributed by atoms with Crippen molar-refractivity contribution in [3.8, 4) is 11.5 Å². The summed E-state index contributed by atoms with van der Waals surface area (Å²) in [5, 5.41) is 0. The Hall–Kier alpha value is -2.60. The van der Waals surface area contributed by atoms with Crippen molar-refractivity contribution in [1.29, 1.82) is 0 Å². The van der Waals surface area contributed by atoms with Gasteiger partial charge in [0.2, 0.25) is 6.10 Å². The predicted molar refractivity (Wildman–Crippen MR) is 97.2 cm³/mol. The molecule has 1 aliphatic heterocycles. The van der Waals surface area contributed by atoms with E-state index in [-0.39, 0.29) is 12.5 Å². The number of para-hydroxylation sites is 2. The summed E-state index contributed by atoms with van der Waals surface area (Å²) in [5.74, 6) is 0.908. The maximum atomic E-state index is 12.6. The molecule has 6 heteroatoms. The van der Waals surface area contributed by atoms with Crippen molar-refractivity contribution in [3.05, 3.63) is 52.3 Å².